The zero-order chi connectivity index (χ0) is 23.7. The molecule has 4 rings (SSSR count). The smallest absolute Gasteiger partial charge is 0.336 e. The molecule has 2 heterocycles. The third kappa shape index (κ3) is 4.07. The van der Waals surface area contributed by atoms with Crippen LogP contribution in [0, 0.1) is 0 Å². The van der Waals surface area contributed by atoms with Gasteiger partial charge >= 0.3 is 11.6 Å². The van der Waals surface area contributed by atoms with Crippen LogP contribution in [-0.4, -0.2) is 45.1 Å². The normalized spacial score (nSPS) is 16.8. The number of hydrogen-bond acceptors (Lipinski definition) is 10. The van der Waals surface area contributed by atoms with Crippen molar-refractivity contribution in [2.24, 2.45) is 0 Å². The molecule has 3 aromatic rings. The van der Waals surface area contributed by atoms with E-state index in [4.69, 9.17) is 32.8 Å². The van der Waals surface area contributed by atoms with Gasteiger partial charge in [0.05, 0.1) is 21.3 Å². The van der Waals surface area contributed by atoms with Crippen LogP contribution in [0.1, 0.15) is 18.6 Å². The molecule has 1 aliphatic rings. The van der Waals surface area contributed by atoms with Crippen molar-refractivity contribution >= 4 is 16.9 Å². The zero-order valence-corrected chi connectivity index (χ0v) is 18.4. The van der Waals surface area contributed by atoms with Crippen LogP contribution in [0.15, 0.2) is 39.5 Å². The van der Waals surface area contributed by atoms with Gasteiger partial charge in [0.15, 0.2) is 35.0 Å². The highest BCUT2D eigenvalue weighted by molar-refractivity contribution is 5.88. The number of phenolic OH excluding ortho intramolecular Hbond substituents is 1. The van der Waals surface area contributed by atoms with Crippen molar-refractivity contribution in [1.82, 2.24) is 0 Å². The molecule has 10 heteroatoms. The third-order valence-corrected chi connectivity index (χ3v) is 5.14. The summed E-state index contributed by atoms with van der Waals surface area (Å²) in [7, 11) is 4.27. The predicted molar refractivity (Wildman–Crippen MR) is 115 cm³/mol. The van der Waals surface area contributed by atoms with Gasteiger partial charge in [-0.15, -0.1) is 0 Å². The first kappa shape index (κ1) is 22.1. The standard InChI is InChI=1S/C23H22O10/c1-11(24)30-10-17-20(13-8-14(27-2)19(26)15(9-13)28-3)33-22-16(29-4)7-12-5-6-18(25)32-21(12)23(22)31-17/h5-9,17,20,26H,10H2,1-4H3. The van der Waals surface area contributed by atoms with E-state index in [-0.39, 0.29) is 40.9 Å². The maximum Gasteiger partial charge on any atom is 0.336 e. The highest BCUT2D eigenvalue weighted by atomic mass is 16.6. The lowest BCUT2D eigenvalue weighted by Gasteiger charge is -2.35. The quantitative estimate of drug-likeness (QED) is 0.436. The second kappa shape index (κ2) is 8.81. The van der Waals surface area contributed by atoms with E-state index in [0.29, 0.717) is 16.7 Å². The van der Waals surface area contributed by atoms with Gasteiger partial charge in [-0.1, -0.05) is 0 Å². The van der Waals surface area contributed by atoms with E-state index in [2.05, 4.69) is 0 Å². The Kier molecular flexibility index (Phi) is 5.91. The molecule has 174 valence electrons. The number of benzene rings is 2. The van der Waals surface area contributed by atoms with Gasteiger partial charge in [0.2, 0.25) is 17.2 Å². The van der Waals surface area contributed by atoms with Gasteiger partial charge in [0.25, 0.3) is 0 Å². The van der Waals surface area contributed by atoms with Crippen LogP contribution >= 0.6 is 0 Å². The van der Waals surface area contributed by atoms with E-state index in [1.54, 1.807) is 24.3 Å². The number of phenols is 1. The van der Waals surface area contributed by atoms with Crippen LogP contribution in [0.4, 0.5) is 0 Å². The SMILES string of the molecule is COc1cc(C2Oc3c(OC)cc4ccc(=O)oc4c3OC2COC(C)=O)cc(OC)c1O. The molecule has 0 radical (unpaired) electrons. The Hall–Kier alpha value is -4.08. The van der Waals surface area contributed by atoms with Gasteiger partial charge < -0.3 is 37.9 Å². The van der Waals surface area contributed by atoms with Gasteiger partial charge in [-0.05, 0) is 24.3 Å². The molecular weight excluding hydrogens is 436 g/mol. The molecule has 2 atom stereocenters. The fourth-order valence-corrected chi connectivity index (χ4v) is 3.61. The summed E-state index contributed by atoms with van der Waals surface area (Å²) in [6, 6.07) is 7.64. The monoisotopic (exact) mass is 458 g/mol. The Balaban J connectivity index is 1.89. The van der Waals surface area contributed by atoms with Crippen molar-refractivity contribution in [3.05, 3.63) is 46.3 Å². The predicted octanol–water partition coefficient (Wildman–Crippen LogP) is 2.97. The topological polar surface area (TPSA) is 123 Å². The van der Waals surface area contributed by atoms with Crippen LogP contribution < -0.4 is 29.3 Å². The first-order chi connectivity index (χ1) is 15.9. The molecule has 1 N–H and O–H groups in total. The van der Waals surface area contributed by atoms with Crippen molar-refractivity contribution in [1.29, 1.82) is 0 Å². The minimum absolute atomic E-state index is 0.146. The number of carbonyl (C=O) groups is 1. The molecule has 1 aliphatic heterocycles. The van der Waals surface area contributed by atoms with E-state index >= 15 is 0 Å². The van der Waals surface area contributed by atoms with Crippen LogP contribution in [-0.2, 0) is 9.53 Å². The lowest BCUT2D eigenvalue weighted by Crippen LogP contribution is -2.37. The molecule has 2 unspecified atom stereocenters. The van der Waals surface area contributed by atoms with E-state index in [9.17, 15) is 14.7 Å². The number of aromatic hydroxyl groups is 1. The summed E-state index contributed by atoms with van der Waals surface area (Å²) in [5.41, 5.74) is 0.122. The Labute approximate surface area is 188 Å². The summed E-state index contributed by atoms with van der Waals surface area (Å²) in [5, 5.41) is 10.8. The van der Waals surface area contributed by atoms with Crippen LogP contribution in [0.2, 0.25) is 0 Å². The van der Waals surface area contributed by atoms with Crippen molar-refractivity contribution in [3.8, 4) is 34.5 Å². The average Bonchev–Trinajstić information content (AvgIpc) is 2.81. The van der Waals surface area contributed by atoms with Gasteiger partial charge in [-0.2, -0.15) is 0 Å². The molecule has 33 heavy (non-hydrogen) atoms. The molecule has 0 spiro atoms. The minimum atomic E-state index is -0.846. The van der Waals surface area contributed by atoms with E-state index in [1.807, 2.05) is 0 Å². The second-order valence-electron chi connectivity index (χ2n) is 7.18. The van der Waals surface area contributed by atoms with Crippen LogP contribution in [0.3, 0.4) is 0 Å². The third-order valence-electron chi connectivity index (χ3n) is 5.14. The molecule has 0 saturated heterocycles. The molecule has 0 aliphatic carbocycles. The van der Waals surface area contributed by atoms with Gasteiger partial charge in [0.1, 0.15) is 6.61 Å². The van der Waals surface area contributed by atoms with E-state index < -0.39 is 23.8 Å². The molecule has 0 bridgehead atoms. The number of hydrogen-bond donors (Lipinski definition) is 1. The van der Waals surface area contributed by atoms with Crippen molar-refractivity contribution in [3.63, 3.8) is 0 Å². The maximum absolute atomic E-state index is 11.9. The van der Waals surface area contributed by atoms with Crippen molar-refractivity contribution in [2.75, 3.05) is 27.9 Å². The number of carbonyl (C=O) groups excluding carboxylic acids is 1. The van der Waals surface area contributed by atoms with Crippen LogP contribution in [0.5, 0.6) is 34.5 Å². The Morgan fingerprint density at radius 2 is 1.64 bits per heavy atom. The maximum atomic E-state index is 11.9. The second-order valence-corrected chi connectivity index (χ2v) is 7.18. The molecule has 0 amide bonds. The minimum Gasteiger partial charge on any atom is -0.502 e. The number of rotatable bonds is 6. The van der Waals surface area contributed by atoms with Gasteiger partial charge in [0, 0.05) is 23.9 Å². The zero-order valence-electron chi connectivity index (χ0n) is 18.4. The van der Waals surface area contributed by atoms with Crippen LogP contribution in [0.25, 0.3) is 11.0 Å². The molecule has 0 saturated carbocycles. The number of ether oxygens (including phenoxy) is 6. The summed E-state index contributed by atoms with van der Waals surface area (Å²) in [4.78, 5) is 23.4. The number of esters is 1. The fraction of sp³-hybridized carbons (Fsp3) is 0.304. The highest BCUT2D eigenvalue weighted by Gasteiger charge is 2.38. The molecule has 1 aromatic heterocycles. The molecule has 2 aromatic carbocycles. The Morgan fingerprint density at radius 3 is 2.24 bits per heavy atom. The lowest BCUT2D eigenvalue weighted by atomic mass is 10.0. The van der Waals surface area contributed by atoms with Gasteiger partial charge in [-0.25, -0.2) is 4.79 Å². The van der Waals surface area contributed by atoms with Crippen molar-refractivity contribution < 1.29 is 42.7 Å². The average molecular weight is 458 g/mol. The van der Waals surface area contributed by atoms with Gasteiger partial charge in [-0.3, -0.25) is 4.79 Å². The van der Waals surface area contributed by atoms with E-state index in [1.165, 1.54) is 34.3 Å². The number of methoxy groups -OCH3 is 3. The van der Waals surface area contributed by atoms with E-state index in [0.717, 1.165) is 0 Å². The Morgan fingerprint density at radius 1 is 0.970 bits per heavy atom. The highest BCUT2D eigenvalue weighted by Crippen LogP contribution is 2.50. The molecular formula is C23H22O10. The largest absolute Gasteiger partial charge is 0.502 e. The summed E-state index contributed by atoms with van der Waals surface area (Å²) < 4.78 is 39.0. The number of fused-ring (bicyclic) bond motifs is 3. The lowest BCUT2D eigenvalue weighted by molar-refractivity contribution is -0.145. The summed E-state index contributed by atoms with van der Waals surface area (Å²) in [6.45, 7) is 1.11. The molecule has 0 fully saturated rings. The summed E-state index contributed by atoms with van der Waals surface area (Å²) in [6.07, 6.45) is -1.68. The molecule has 10 nitrogen and oxygen atoms in total. The fourth-order valence-electron chi connectivity index (χ4n) is 3.61. The first-order valence-electron chi connectivity index (χ1n) is 9.92. The summed E-state index contributed by atoms with van der Waals surface area (Å²) >= 11 is 0. The first-order valence-corrected chi connectivity index (χ1v) is 9.92. The Bertz CT molecular complexity index is 1240. The van der Waals surface area contributed by atoms with Crippen molar-refractivity contribution in [2.45, 2.75) is 19.1 Å². The summed E-state index contributed by atoms with van der Waals surface area (Å²) in [5.74, 6) is 0.319.